The van der Waals surface area contributed by atoms with Crippen LogP contribution < -0.4 is 4.18 Å². The molecule has 0 bridgehead atoms. The molecule has 1 N–H and O–H groups in total. The first kappa shape index (κ1) is 41.2. The Morgan fingerprint density at radius 2 is 0.881 bits per heavy atom. The van der Waals surface area contributed by atoms with E-state index in [1.165, 1.54) is 18.2 Å². The first-order chi connectivity index (χ1) is 28.5. The summed E-state index contributed by atoms with van der Waals surface area (Å²) in [5.41, 5.74) is -0.0676. The number of hydrogen-bond donors (Lipinski definition) is 1. The van der Waals surface area contributed by atoms with Gasteiger partial charge in [0.25, 0.3) is 0 Å². The predicted octanol–water partition coefficient (Wildman–Crippen LogP) is 14.9. The molecule has 8 rings (SSSR count). The summed E-state index contributed by atoms with van der Waals surface area (Å²) in [6, 6.07) is 43.7. The topological polar surface area (TPSA) is 63.6 Å². The fourth-order valence-corrected chi connectivity index (χ4v) is 6.86. The average molecular weight is 861 g/mol. The first-order valence-corrected chi connectivity index (χ1v) is 19.9. The molecule has 0 aliphatic heterocycles. The lowest BCUT2D eigenvalue weighted by molar-refractivity contribution is -0.0500. The van der Waals surface area contributed by atoms with Gasteiger partial charge in [-0.25, -0.2) is 8.78 Å². The van der Waals surface area contributed by atoms with Crippen LogP contribution in [0.15, 0.2) is 158 Å². The Hall–Kier alpha value is -5.94. The van der Waals surface area contributed by atoms with Gasteiger partial charge in [-0.15, -0.1) is 0 Å². The molecule has 0 amide bonds. The van der Waals surface area contributed by atoms with Crippen LogP contribution in [0.3, 0.4) is 0 Å². The average Bonchev–Trinajstić information content (AvgIpc) is 3.21. The smallest absolute Gasteiger partial charge is 0.508 e. The molecule has 59 heavy (non-hydrogen) atoms. The number of aromatic hydroxyl groups is 1. The summed E-state index contributed by atoms with van der Waals surface area (Å²) >= 11 is 11.8. The third-order valence-electron chi connectivity index (χ3n) is 9.04. The van der Waals surface area contributed by atoms with Crippen molar-refractivity contribution in [1.29, 1.82) is 0 Å². The fourth-order valence-electron chi connectivity index (χ4n) is 6.16. The quantitative estimate of drug-likeness (QED) is 0.103. The van der Waals surface area contributed by atoms with Crippen LogP contribution in [0.5, 0.6) is 11.5 Å². The zero-order valence-electron chi connectivity index (χ0n) is 31.9. The number of alkyl halides is 3. The Morgan fingerprint density at radius 1 is 0.525 bits per heavy atom. The zero-order valence-corrected chi connectivity index (χ0v) is 33.3. The maximum Gasteiger partial charge on any atom is 0.534 e. The first-order valence-electron chi connectivity index (χ1n) is 18.4. The number of benzene rings is 8. The third kappa shape index (κ3) is 10.0. The van der Waals surface area contributed by atoms with Gasteiger partial charge in [-0.05, 0) is 128 Å². The van der Waals surface area contributed by atoms with Crippen LogP contribution in [0.4, 0.5) is 22.0 Å². The second-order valence-electron chi connectivity index (χ2n) is 12.9. The van der Waals surface area contributed by atoms with Crippen LogP contribution in [0.25, 0.3) is 66.1 Å². The van der Waals surface area contributed by atoms with Crippen LogP contribution >= 0.6 is 23.2 Å². The number of halogens is 7. The minimum atomic E-state index is -5.75. The van der Waals surface area contributed by atoms with Crippen molar-refractivity contribution >= 4 is 54.9 Å². The van der Waals surface area contributed by atoms with Crippen molar-refractivity contribution in [3.05, 3.63) is 179 Å². The molecule has 8 aromatic carbocycles. The van der Waals surface area contributed by atoms with E-state index in [0.29, 0.717) is 55.5 Å². The van der Waals surface area contributed by atoms with E-state index in [0.717, 1.165) is 33.5 Å². The van der Waals surface area contributed by atoms with Gasteiger partial charge in [0.05, 0.1) is 0 Å². The maximum atomic E-state index is 14.7. The van der Waals surface area contributed by atoms with Crippen molar-refractivity contribution in [1.82, 2.24) is 0 Å². The molecule has 8 aromatic rings. The molecule has 0 saturated heterocycles. The monoisotopic (exact) mass is 859 g/mol. The van der Waals surface area contributed by atoms with E-state index in [-0.39, 0.29) is 11.6 Å². The van der Waals surface area contributed by atoms with Gasteiger partial charge in [-0.2, -0.15) is 21.6 Å². The van der Waals surface area contributed by atoms with Crippen molar-refractivity contribution < 1.29 is 41.0 Å². The fraction of sp³-hybridized carbons (Fsp3) is 0.0638. The Morgan fingerprint density at radius 3 is 1.32 bits per heavy atom. The van der Waals surface area contributed by atoms with Gasteiger partial charge in [0.1, 0.15) is 23.1 Å². The molecule has 0 aliphatic rings. The summed E-state index contributed by atoms with van der Waals surface area (Å²) in [7, 11) is -5.75. The lowest BCUT2D eigenvalue weighted by atomic mass is 9.98. The molecule has 12 heteroatoms. The molecule has 0 aliphatic carbocycles. The van der Waals surface area contributed by atoms with Crippen LogP contribution in [0.1, 0.15) is 15.2 Å². The van der Waals surface area contributed by atoms with Crippen LogP contribution in [-0.2, 0) is 10.1 Å². The molecule has 300 valence electrons. The molecule has 0 spiro atoms. The largest absolute Gasteiger partial charge is 0.534 e. The van der Waals surface area contributed by atoms with Crippen molar-refractivity contribution in [2.24, 2.45) is 0 Å². The van der Waals surface area contributed by atoms with Gasteiger partial charge < -0.3 is 9.29 Å². The van der Waals surface area contributed by atoms with Crippen LogP contribution in [-0.4, -0.2) is 19.0 Å². The molecular weight excluding hydrogens is 826 g/mol. The van der Waals surface area contributed by atoms with Crippen molar-refractivity contribution in [2.45, 2.75) is 19.3 Å². The number of hydrogen-bond acceptors (Lipinski definition) is 4. The van der Waals surface area contributed by atoms with Crippen molar-refractivity contribution in [3.8, 4) is 56.0 Å². The molecule has 0 unspecified atom stereocenters. The molecule has 0 saturated carbocycles. The predicted molar refractivity (Wildman–Crippen MR) is 228 cm³/mol. The number of rotatable bonds is 6. The van der Waals surface area contributed by atoms with Crippen molar-refractivity contribution in [3.63, 3.8) is 0 Å². The Bertz CT molecular complexity index is 2910. The lowest BCUT2D eigenvalue weighted by Gasteiger charge is -2.11. The second-order valence-corrected chi connectivity index (χ2v) is 15.3. The van der Waals surface area contributed by atoms with Gasteiger partial charge in [-0.1, -0.05) is 122 Å². The summed E-state index contributed by atoms with van der Waals surface area (Å²) in [6.07, 6.45) is 0. The molecular formula is C47H33Cl2F5O4S. The highest BCUT2D eigenvalue weighted by Gasteiger charge is 2.48. The number of phenols is 1. The van der Waals surface area contributed by atoms with Gasteiger partial charge in [0.2, 0.25) is 0 Å². The highest BCUT2D eigenvalue weighted by Crippen LogP contribution is 2.34. The SMILES string of the molecule is O=S(=O)(Oc1ccc2cc(-c3ccc(-c4ccc(Cl)cc4)c(F)c3)ccc2c1)C(F)(F)F.Oc1ccc2cc(-c3ccc(-c4ccc(Cl)cc4)c(F)c3)ccc2c1.[2H]CC. The molecule has 4 nitrogen and oxygen atoms in total. The van der Waals surface area contributed by atoms with E-state index in [4.69, 9.17) is 24.6 Å². The Kier molecular flexibility index (Phi) is 12.5. The highest BCUT2D eigenvalue weighted by atomic mass is 35.5. The van der Waals surface area contributed by atoms with E-state index in [9.17, 15) is 35.5 Å². The van der Waals surface area contributed by atoms with Crippen molar-refractivity contribution in [2.75, 3.05) is 0 Å². The summed E-state index contributed by atoms with van der Waals surface area (Å²) in [6.45, 7) is 2.29. The van der Waals surface area contributed by atoms with E-state index in [1.54, 1.807) is 97.9 Å². The van der Waals surface area contributed by atoms with Gasteiger partial charge >= 0.3 is 15.6 Å². The minimum absolute atomic E-state index is 0.235. The summed E-state index contributed by atoms with van der Waals surface area (Å²) < 4.78 is 99.6. The van der Waals surface area contributed by atoms with E-state index >= 15 is 0 Å². The maximum absolute atomic E-state index is 14.7. The molecule has 0 atom stereocenters. The van der Waals surface area contributed by atoms with E-state index < -0.39 is 27.2 Å². The standard InChI is InChI=1S/C23H13ClF4O3S.C22H14ClFO.C2H6/c24-19-7-3-14(4-8-19)21-10-6-18(13-22(21)25)15-1-2-17-12-20(9-5-16(17)11-15)31-32(29,30)23(26,27)28;23-19-7-3-14(4-8-19)21-10-6-18(13-22(21)24)15-1-2-17-12-20(25)9-5-16(17)11-15;1-2/h1-13H;1-13,25H;1-2H3/i;;1D. The number of fused-ring (bicyclic) bond motifs is 2. The second kappa shape index (κ2) is 17.9. The molecule has 0 aromatic heterocycles. The van der Waals surface area contributed by atoms with Gasteiger partial charge in [0, 0.05) is 22.5 Å². The van der Waals surface area contributed by atoms with E-state index in [2.05, 4.69) is 4.18 Å². The molecule has 0 heterocycles. The molecule has 0 fully saturated rings. The molecule has 0 radical (unpaired) electrons. The minimum Gasteiger partial charge on any atom is -0.508 e. The normalized spacial score (nSPS) is 11.6. The third-order valence-corrected chi connectivity index (χ3v) is 10.5. The Labute approximate surface area is 349 Å². The summed E-state index contributed by atoms with van der Waals surface area (Å²) in [5, 5.41) is 13.7. The Balaban J connectivity index is 0.000000194. The number of phenolic OH excluding ortho intramolecular Hbond substituents is 1. The summed E-state index contributed by atoms with van der Waals surface area (Å²) in [5.74, 6) is -0.920. The van der Waals surface area contributed by atoms with Gasteiger partial charge in [-0.3, -0.25) is 0 Å². The van der Waals surface area contributed by atoms with Gasteiger partial charge in [0.15, 0.2) is 0 Å². The zero-order chi connectivity index (χ0) is 43.2. The highest BCUT2D eigenvalue weighted by molar-refractivity contribution is 7.88. The van der Waals surface area contributed by atoms with Crippen LogP contribution in [0, 0.1) is 11.6 Å². The van der Waals surface area contributed by atoms with E-state index in [1.807, 2.05) is 42.5 Å². The van der Waals surface area contributed by atoms with Crippen LogP contribution in [0.2, 0.25) is 10.0 Å². The lowest BCUT2D eigenvalue weighted by Crippen LogP contribution is -2.28. The summed E-state index contributed by atoms with van der Waals surface area (Å²) in [4.78, 5) is 0.